The van der Waals surface area contributed by atoms with Crippen molar-refractivity contribution in [3.8, 4) is 0 Å². The van der Waals surface area contributed by atoms with Crippen molar-refractivity contribution in [1.29, 1.82) is 0 Å². The summed E-state index contributed by atoms with van der Waals surface area (Å²) in [5.41, 5.74) is 2.31. The van der Waals surface area contributed by atoms with Gasteiger partial charge in [-0.25, -0.2) is 9.78 Å². The largest absolute Gasteiger partial charge is 0.478 e. The van der Waals surface area contributed by atoms with Gasteiger partial charge in [0, 0.05) is 5.41 Å². The molecule has 2 heterocycles. The van der Waals surface area contributed by atoms with E-state index in [0.29, 0.717) is 18.2 Å². The van der Waals surface area contributed by atoms with Crippen LogP contribution in [-0.2, 0) is 4.74 Å². The molecule has 5 heteroatoms. The number of ether oxygens (including phenoxy) is 1. The van der Waals surface area contributed by atoms with Gasteiger partial charge < -0.3 is 14.4 Å². The van der Waals surface area contributed by atoms with Crippen LogP contribution in [0, 0.1) is 5.41 Å². The average molecular weight is 258 g/mol. The van der Waals surface area contributed by atoms with Crippen molar-refractivity contribution in [2.24, 2.45) is 5.41 Å². The van der Waals surface area contributed by atoms with Crippen LogP contribution in [0.3, 0.4) is 0 Å². The number of aromatic carboxylic acids is 1. The first-order valence-electron chi connectivity index (χ1n) is 6.47. The molecule has 98 valence electrons. The highest BCUT2D eigenvalue weighted by atomic mass is 16.5. The Morgan fingerprint density at radius 3 is 3.05 bits per heavy atom. The van der Waals surface area contributed by atoms with E-state index >= 15 is 0 Å². The van der Waals surface area contributed by atoms with Crippen molar-refractivity contribution in [2.45, 2.75) is 18.9 Å². The Morgan fingerprint density at radius 2 is 2.32 bits per heavy atom. The molecule has 2 aliphatic rings. The van der Waals surface area contributed by atoms with Crippen LogP contribution in [-0.4, -0.2) is 33.8 Å². The first kappa shape index (κ1) is 11.0. The maximum absolute atomic E-state index is 11.1. The second kappa shape index (κ2) is 3.57. The molecule has 1 N–H and O–H groups in total. The lowest BCUT2D eigenvalue weighted by atomic mass is 10.0. The number of benzene rings is 1. The monoisotopic (exact) mass is 258 g/mol. The van der Waals surface area contributed by atoms with Crippen molar-refractivity contribution < 1.29 is 14.6 Å². The fraction of sp³-hybridized carbons (Fsp3) is 0.429. The molecule has 1 saturated carbocycles. The van der Waals surface area contributed by atoms with E-state index in [1.807, 2.05) is 6.33 Å². The number of rotatable bonds is 2. The molecule has 0 amide bonds. The summed E-state index contributed by atoms with van der Waals surface area (Å²) < 4.78 is 7.72. The fourth-order valence-electron chi connectivity index (χ4n) is 3.07. The maximum Gasteiger partial charge on any atom is 0.335 e. The summed E-state index contributed by atoms with van der Waals surface area (Å²) >= 11 is 0. The van der Waals surface area contributed by atoms with Gasteiger partial charge in [0.1, 0.15) is 0 Å². The van der Waals surface area contributed by atoms with E-state index in [0.717, 1.165) is 17.6 Å². The van der Waals surface area contributed by atoms with Crippen molar-refractivity contribution in [1.82, 2.24) is 9.55 Å². The molecule has 2 aromatic rings. The van der Waals surface area contributed by atoms with Crippen LogP contribution in [0.2, 0.25) is 0 Å². The number of carboxylic acids is 1. The minimum atomic E-state index is -0.904. The highest BCUT2D eigenvalue weighted by Gasteiger charge is 2.54. The van der Waals surface area contributed by atoms with E-state index in [4.69, 9.17) is 9.84 Å². The van der Waals surface area contributed by atoms with Crippen LogP contribution in [0.15, 0.2) is 24.5 Å². The van der Waals surface area contributed by atoms with Crippen molar-refractivity contribution in [2.75, 3.05) is 13.2 Å². The molecule has 1 spiro atoms. The van der Waals surface area contributed by atoms with E-state index in [9.17, 15) is 4.79 Å². The fourth-order valence-corrected chi connectivity index (χ4v) is 3.07. The van der Waals surface area contributed by atoms with Crippen molar-refractivity contribution in [3.63, 3.8) is 0 Å². The quantitative estimate of drug-likeness (QED) is 0.895. The topological polar surface area (TPSA) is 64.3 Å². The van der Waals surface area contributed by atoms with Crippen LogP contribution in [0.25, 0.3) is 11.0 Å². The molecule has 0 bridgehead atoms. The second-order valence-corrected chi connectivity index (χ2v) is 5.55. The summed E-state index contributed by atoms with van der Waals surface area (Å²) in [6, 6.07) is 5.37. The van der Waals surface area contributed by atoms with Gasteiger partial charge in [0.2, 0.25) is 0 Å². The summed E-state index contributed by atoms with van der Waals surface area (Å²) in [6.45, 7) is 1.51. The Morgan fingerprint density at radius 1 is 1.47 bits per heavy atom. The number of nitrogens with zero attached hydrogens (tertiary/aromatic N) is 2. The van der Waals surface area contributed by atoms with Gasteiger partial charge in [0.05, 0.1) is 42.2 Å². The number of aromatic nitrogens is 2. The average Bonchev–Trinajstić information content (AvgIpc) is 2.87. The van der Waals surface area contributed by atoms with Gasteiger partial charge in [-0.1, -0.05) is 0 Å². The third kappa shape index (κ3) is 1.51. The molecule has 1 atom stereocenters. The summed E-state index contributed by atoms with van der Waals surface area (Å²) in [4.78, 5) is 15.5. The Hall–Kier alpha value is -1.88. The molecule has 1 unspecified atom stereocenters. The van der Waals surface area contributed by atoms with E-state index in [-0.39, 0.29) is 5.41 Å². The lowest BCUT2D eigenvalue weighted by molar-refractivity contribution is 0.0697. The van der Waals surface area contributed by atoms with E-state index in [1.165, 1.54) is 12.8 Å². The molecule has 1 aromatic carbocycles. The number of hydrogen-bond donors (Lipinski definition) is 1. The summed E-state index contributed by atoms with van der Waals surface area (Å²) in [5, 5.41) is 9.10. The van der Waals surface area contributed by atoms with Crippen LogP contribution in [0.1, 0.15) is 29.2 Å². The summed E-state index contributed by atoms with van der Waals surface area (Å²) in [6.07, 6.45) is 4.20. The Bertz CT molecular complexity index is 672. The van der Waals surface area contributed by atoms with Gasteiger partial charge in [0.25, 0.3) is 0 Å². The predicted molar refractivity (Wildman–Crippen MR) is 68.2 cm³/mol. The molecule has 5 nitrogen and oxygen atoms in total. The van der Waals surface area contributed by atoms with Gasteiger partial charge >= 0.3 is 5.97 Å². The van der Waals surface area contributed by atoms with Crippen LogP contribution in [0.4, 0.5) is 0 Å². The Balaban J connectivity index is 1.85. The lowest BCUT2D eigenvalue weighted by Gasteiger charge is -2.18. The smallest absolute Gasteiger partial charge is 0.335 e. The SMILES string of the molecule is O=C(O)c1ccc2ncn(C3COCC34CC4)c2c1. The first-order chi connectivity index (χ1) is 9.20. The van der Waals surface area contributed by atoms with Crippen LogP contribution < -0.4 is 0 Å². The molecular weight excluding hydrogens is 244 g/mol. The molecule has 1 saturated heterocycles. The third-order valence-corrected chi connectivity index (χ3v) is 4.42. The molecular formula is C14H14N2O3. The maximum atomic E-state index is 11.1. The van der Waals surface area contributed by atoms with Gasteiger partial charge in [0.15, 0.2) is 0 Å². The van der Waals surface area contributed by atoms with E-state index in [2.05, 4.69) is 9.55 Å². The highest BCUT2D eigenvalue weighted by molar-refractivity contribution is 5.92. The minimum absolute atomic E-state index is 0.271. The zero-order valence-corrected chi connectivity index (χ0v) is 10.4. The zero-order chi connectivity index (χ0) is 13.0. The third-order valence-electron chi connectivity index (χ3n) is 4.42. The number of fused-ring (bicyclic) bond motifs is 1. The molecule has 2 fully saturated rings. The molecule has 19 heavy (non-hydrogen) atoms. The predicted octanol–water partition coefficient (Wildman–Crippen LogP) is 2.09. The van der Waals surface area contributed by atoms with E-state index < -0.39 is 5.97 Å². The van der Waals surface area contributed by atoms with Crippen molar-refractivity contribution in [3.05, 3.63) is 30.1 Å². The van der Waals surface area contributed by atoms with Crippen LogP contribution in [0.5, 0.6) is 0 Å². The Labute approximate surface area is 109 Å². The number of carboxylic acid groups (broad SMARTS) is 1. The molecule has 4 rings (SSSR count). The van der Waals surface area contributed by atoms with Gasteiger partial charge in [-0.2, -0.15) is 0 Å². The minimum Gasteiger partial charge on any atom is -0.478 e. The van der Waals surface area contributed by atoms with Gasteiger partial charge in [-0.3, -0.25) is 0 Å². The Kier molecular flexibility index (Phi) is 2.07. The lowest BCUT2D eigenvalue weighted by Crippen LogP contribution is -2.18. The van der Waals surface area contributed by atoms with Crippen molar-refractivity contribution >= 4 is 17.0 Å². The van der Waals surface area contributed by atoms with Crippen LogP contribution >= 0.6 is 0 Å². The highest BCUT2D eigenvalue weighted by Crippen LogP contribution is 2.58. The normalized spacial score (nSPS) is 24.1. The molecule has 0 radical (unpaired) electrons. The standard InChI is InChI=1S/C14H14N2O3/c17-13(18)9-1-2-10-11(5-9)16(8-15-10)12-6-19-7-14(12)3-4-14/h1-2,5,8,12H,3-4,6-7H2,(H,17,18). The van der Waals surface area contributed by atoms with Gasteiger partial charge in [-0.15, -0.1) is 0 Å². The number of carbonyl (C=O) groups is 1. The second-order valence-electron chi connectivity index (χ2n) is 5.55. The van der Waals surface area contributed by atoms with E-state index in [1.54, 1.807) is 18.2 Å². The number of imidazole rings is 1. The summed E-state index contributed by atoms with van der Waals surface area (Å²) in [5.74, 6) is -0.904. The zero-order valence-electron chi connectivity index (χ0n) is 10.4. The van der Waals surface area contributed by atoms with Gasteiger partial charge in [-0.05, 0) is 31.0 Å². The number of hydrogen-bond acceptors (Lipinski definition) is 3. The molecule has 1 aliphatic heterocycles. The summed E-state index contributed by atoms with van der Waals surface area (Å²) in [7, 11) is 0. The molecule has 1 aliphatic carbocycles. The molecule has 1 aromatic heterocycles. The first-order valence-corrected chi connectivity index (χ1v) is 6.47.